The zero-order valence-electron chi connectivity index (χ0n) is 5.24. The Morgan fingerprint density at radius 2 is 2.11 bits per heavy atom. The lowest BCUT2D eigenvalue weighted by Crippen LogP contribution is -2.38. The first kappa shape index (κ1) is 8.39. The summed E-state index contributed by atoms with van der Waals surface area (Å²) in [6.45, 7) is 1.65. The van der Waals surface area contributed by atoms with E-state index in [1.54, 1.807) is 6.92 Å². The predicted molar refractivity (Wildman–Crippen MR) is 31.5 cm³/mol. The molecule has 54 valence electrons. The van der Waals surface area contributed by atoms with Crippen LogP contribution in [0.25, 0.3) is 0 Å². The first-order chi connectivity index (χ1) is 4.09. The van der Waals surface area contributed by atoms with E-state index in [9.17, 15) is 4.79 Å². The molecule has 4 nitrogen and oxygen atoms in total. The number of aliphatic hydroxyl groups excluding tert-OH is 2. The Balaban J connectivity index is 3.72. The van der Waals surface area contributed by atoms with Crippen LogP contribution in [-0.2, 0) is 4.79 Å². The summed E-state index contributed by atoms with van der Waals surface area (Å²) in [5.41, 5.74) is 4.66. The minimum absolute atomic E-state index is 0.324. The number of primary amides is 1. The monoisotopic (exact) mass is 133 g/mol. The highest BCUT2D eigenvalue weighted by molar-refractivity contribution is 5.79. The molecular weight excluding hydrogens is 122 g/mol. The van der Waals surface area contributed by atoms with Gasteiger partial charge in [0.05, 0.1) is 6.10 Å². The molecule has 0 saturated carbocycles. The van der Waals surface area contributed by atoms with E-state index in [1.165, 1.54) is 0 Å². The Labute approximate surface area is 53.3 Å². The van der Waals surface area contributed by atoms with Gasteiger partial charge in [-0.15, -0.1) is 0 Å². The van der Waals surface area contributed by atoms with Crippen molar-refractivity contribution >= 4 is 5.91 Å². The SMILES string of the molecule is CC[C@H](O)[C@H](O)C(N)=O. The molecule has 0 unspecified atom stereocenters. The molecule has 0 spiro atoms. The molecule has 0 rings (SSSR count). The van der Waals surface area contributed by atoms with Crippen LogP contribution in [0.3, 0.4) is 0 Å². The standard InChI is InChI=1S/C5H11NO3/c1-2-3(7)4(8)5(6)9/h3-4,7-8H,2H2,1H3,(H2,6,9)/t3-,4-/m0/s1. The average molecular weight is 133 g/mol. The van der Waals surface area contributed by atoms with E-state index in [-0.39, 0.29) is 0 Å². The van der Waals surface area contributed by atoms with Crippen LogP contribution in [0.1, 0.15) is 13.3 Å². The average Bonchev–Trinajstić information content (AvgIpc) is 1.84. The summed E-state index contributed by atoms with van der Waals surface area (Å²) < 4.78 is 0. The molecule has 1 amide bonds. The fourth-order valence-corrected chi connectivity index (χ4v) is 0.413. The lowest BCUT2D eigenvalue weighted by atomic mass is 10.1. The molecule has 0 heterocycles. The largest absolute Gasteiger partial charge is 0.390 e. The molecule has 4 heteroatoms. The van der Waals surface area contributed by atoms with Crippen molar-refractivity contribution in [2.75, 3.05) is 0 Å². The number of carbonyl (C=O) groups excluding carboxylic acids is 1. The van der Waals surface area contributed by atoms with Gasteiger partial charge in [0, 0.05) is 0 Å². The second-order valence-corrected chi connectivity index (χ2v) is 1.82. The second-order valence-electron chi connectivity index (χ2n) is 1.82. The number of hydrogen-bond donors (Lipinski definition) is 3. The molecule has 0 aliphatic carbocycles. The Morgan fingerprint density at radius 3 is 2.22 bits per heavy atom. The maximum Gasteiger partial charge on any atom is 0.248 e. The van der Waals surface area contributed by atoms with Crippen LogP contribution in [0.15, 0.2) is 0 Å². The Kier molecular flexibility index (Phi) is 3.19. The van der Waals surface area contributed by atoms with Crippen LogP contribution in [0.5, 0.6) is 0 Å². The first-order valence-corrected chi connectivity index (χ1v) is 2.75. The van der Waals surface area contributed by atoms with Gasteiger partial charge in [-0.05, 0) is 6.42 Å². The molecule has 0 radical (unpaired) electrons. The summed E-state index contributed by atoms with van der Waals surface area (Å²) in [4.78, 5) is 10.1. The lowest BCUT2D eigenvalue weighted by molar-refractivity contribution is -0.131. The van der Waals surface area contributed by atoms with Crippen molar-refractivity contribution in [3.8, 4) is 0 Å². The normalized spacial score (nSPS) is 16.8. The molecule has 0 saturated heterocycles. The number of nitrogens with two attached hydrogens (primary N) is 1. The third-order valence-corrected chi connectivity index (χ3v) is 1.07. The number of aliphatic hydroxyl groups is 2. The quantitative estimate of drug-likeness (QED) is 0.443. The summed E-state index contributed by atoms with van der Waals surface area (Å²) in [6, 6.07) is 0. The van der Waals surface area contributed by atoms with E-state index in [0.29, 0.717) is 6.42 Å². The topological polar surface area (TPSA) is 83.6 Å². The van der Waals surface area contributed by atoms with Crippen molar-refractivity contribution in [2.45, 2.75) is 25.6 Å². The lowest BCUT2D eigenvalue weighted by Gasteiger charge is -2.10. The van der Waals surface area contributed by atoms with Crippen molar-refractivity contribution in [3.05, 3.63) is 0 Å². The summed E-state index contributed by atoms with van der Waals surface area (Å²) in [5, 5.41) is 17.4. The second kappa shape index (κ2) is 3.42. The van der Waals surface area contributed by atoms with E-state index < -0.39 is 18.1 Å². The van der Waals surface area contributed by atoms with E-state index in [0.717, 1.165) is 0 Å². The molecule has 0 bridgehead atoms. The predicted octanol–water partition coefficient (Wildman–Crippen LogP) is -1.40. The summed E-state index contributed by atoms with van der Waals surface area (Å²) in [6.07, 6.45) is -2.12. The summed E-state index contributed by atoms with van der Waals surface area (Å²) >= 11 is 0. The molecular formula is C5H11NO3. The Bertz CT molecular complexity index is 104. The zero-order valence-corrected chi connectivity index (χ0v) is 5.24. The third kappa shape index (κ3) is 2.43. The van der Waals surface area contributed by atoms with Gasteiger partial charge in [0.2, 0.25) is 5.91 Å². The van der Waals surface area contributed by atoms with E-state index in [4.69, 9.17) is 10.2 Å². The van der Waals surface area contributed by atoms with Gasteiger partial charge in [0.1, 0.15) is 0 Å². The van der Waals surface area contributed by atoms with E-state index >= 15 is 0 Å². The van der Waals surface area contributed by atoms with Gasteiger partial charge < -0.3 is 15.9 Å². The minimum Gasteiger partial charge on any atom is -0.390 e. The van der Waals surface area contributed by atoms with Crippen LogP contribution in [0.2, 0.25) is 0 Å². The number of carbonyl (C=O) groups is 1. The van der Waals surface area contributed by atoms with Crippen molar-refractivity contribution in [3.63, 3.8) is 0 Å². The Morgan fingerprint density at radius 1 is 1.67 bits per heavy atom. The highest BCUT2D eigenvalue weighted by Gasteiger charge is 2.18. The first-order valence-electron chi connectivity index (χ1n) is 2.75. The Hall–Kier alpha value is -0.610. The minimum atomic E-state index is -1.42. The van der Waals surface area contributed by atoms with Crippen LogP contribution in [0.4, 0.5) is 0 Å². The van der Waals surface area contributed by atoms with Gasteiger partial charge in [0.15, 0.2) is 6.10 Å². The van der Waals surface area contributed by atoms with E-state index in [2.05, 4.69) is 5.73 Å². The molecule has 2 atom stereocenters. The molecule has 0 aliphatic heterocycles. The molecule has 9 heavy (non-hydrogen) atoms. The number of amides is 1. The molecule has 0 fully saturated rings. The van der Waals surface area contributed by atoms with Gasteiger partial charge >= 0.3 is 0 Å². The van der Waals surface area contributed by atoms with Crippen LogP contribution in [-0.4, -0.2) is 28.3 Å². The summed E-state index contributed by atoms with van der Waals surface area (Å²) in [7, 11) is 0. The van der Waals surface area contributed by atoms with Gasteiger partial charge in [-0.1, -0.05) is 6.92 Å². The van der Waals surface area contributed by atoms with E-state index in [1.807, 2.05) is 0 Å². The maximum absolute atomic E-state index is 10.1. The van der Waals surface area contributed by atoms with Crippen molar-refractivity contribution in [1.29, 1.82) is 0 Å². The van der Waals surface area contributed by atoms with Gasteiger partial charge in [-0.25, -0.2) is 0 Å². The van der Waals surface area contributed by atoms with Crippen LogP contribution >= 0.6 is 0 Å². The maximum atomic E-state index is 10.1. The zero-order chi connectivity index (χ0) is 7.44. The van der Waals surface area contributed by atoms with Gasteiger partial charge in [-0.2, -0.15) is 0 Å². The van der Waals surface area contributed by atoms with Gasteiger partial charge in [0.25, 0.3) is 0 Å². The fourth-order valence-electron chi connectivity index (χ4n) is 0.413. The summed E-state index contributed by atoms with van der Waals surface area (Å²) in [5.74, 6) is -0.885. The van der Waals surface area contributed by atoms with Crippen molar-refractivity contribution < 1.29 is 15.0 Å². The highest BCUT2D eigenvalue weighted by Crippen LogP contribution is 1.95. The smallest absolute Gasteiger partial charge is 0.248 e. The molecule has 4 N–H and O–H groups in total. The molecule has 0 aromatic rings. The molecule has 0 aliphatic rings. The fraction of sp³-hybridized carbons (Fsp3) is 0.800. The molecule has 0 aromatic heterocycles. The number of hydrogen-bond acceptors (Lipinski definition) is 3. The van der Waals surface area contributed by atoms with Gasteiger partial charge in [-0.3, -0.25) is 4.79 Å². The van der Waals surface area contributed by atoms with Crippen molar-refractivity contribution in [1.82, 2.24) is 0 Å². The van der Waals surface area contributed by atoms with Crippen molar-refractivity contribution in [2.24, 2.45) is 5.73 Å². The van der Waals surface area contributed by atoms with Crippen LogP contribution < -0.4 is 5.73 Å². The molecule has 0 aromatic carbocycles. The highest BCUT2D eigenvalue weighted by atomic mass is 16.3. The van der Waals surface area contributed by atoms with Crippen LogP contribution in [0, 0.1) is 0 Å². The third-order valence-electron chi connectivity index (χ3n) is 1.07. The number of rotatable bonds is 3.